The number of rotatable bonds is 3. The number of aliphatic imine (C=N–C) groups is 1. The Labute approximate surface area is 144 Å². The highest BCUT2D eigenvalue weighted by atomic mass is 32.2. The fraction of sp³-hybridized carbons (Fsp3) is 0.357. The zero-order chi connectivity index (χ0) is 17.5. The van der Waals surface area contributed by atoms with Gasteiger partial charge in [-0.2, -0.15) is 13.2 Å². The molecule has 0 bridgehead atoms. The summed E-state index contributed by atoms with van der Waals surface area (Å²) in [5.74, 6) is -0.0303. The minimum Gasteiger partial charge on any atom is -0.361 e. The van der Waals surface area contributed by atoms with Crippen LogP contribution in [0.1, 0.15) is 10.0 Å². The predicted molar refractivity (Wildman–Crippen MR) is 87.8 cm³/mol. The number of aromatic nitrogens is 2. The molecular weight excluding hydrogens is 361 g/mol. The maximum absolute atomic E-state index is 13.2. The van der Waals surface area contributed by atoms with Gasteiger partial charge in [-0.3, -0.25) is 0 Å². The number of benzene rings is 1. The maximum atomic E-state index is 13.2. The summed E-state index contributed by atoms with van der Waals surface area (Å²) in [5, 5.41) is 18.5. The number of amidine groups is 1. The van der Waals surface area contributed by atoms with Gasteiger partial charge in [-0.1, -0.05) is 11.3 Å². The molecule has 3 rings (SSSR count). The monoisotopic (exact) mass is 374 g/mol. The van der Waals surface area contributed by atoms with Crippen LogP contribution in [0, 0.1) is 6.92 Å². The zero-order valence-electron chi connectivity index (χ0n) is 12.7. The first-order valence-corrected chi connectivity index (χ1v) is 8.89. The third-order valence-electron chi connectivity index (χ3n) is 3.48. The van der Waals surface area contributed by atoms with E-state index in [0.717, 1.165) is 16.2 Å². The molecule has 1 aromatic carbocycles. The van der Waals surface area contributed by atoms with Crippen molar-refractivity contribution in [3.8, 4) is 0 Å². The molecule has 0 saturated heterocycles. The predicted octanol–water partition coefficient (Wildman–Crippen LogP) is 3.09. The molecule has 5 nitrogen and oxygen atoms in total. The van der Waals surface area contributed by atoms with E-state index in [9.17, 15) is 18.3 Å². The van der Waals surface area contributed by atoms with E-state index in [4.69, 9.17) is 0 Å². The molecule has 128 valence electrons. The molecule has 0 fully saturated rings. The SMILES string of the molecule is CSc1ccc(N2CC(O)(C(F)(F)F)N=C2c2nnc(C)s2)cc1. The molecule has 24 heavy (non-hydrogen) atoms. The van der Waals surface area contributed by atoms with Gasteiger partial charge in [-0.25, -0.2) is 4.99 Å². The molecule has 10 heteroatoms. The molecule has 1 aliphatic rings. The van der Waals surface area contributed by atoms with Gasteiger partial charge in [0.1, 0.15) is 5.01 Å². The Hall–Kier alpha value is -1.65. The Morgan fingerprint density at radius 2 is 1.92 bits per heavy atom. The zero-order valence-corrected chi connectivity index (χ0v) is 14.3. The summed E-state index contributed by atoms with van der Waals surface area (Å²) in [5.41, 5.74) is -2.67. The van der Waals surface area contributed by atoms with E-state index in [1.54, 1.807) is 31.2 Å². The second-order valence-corrected chi connectivity index (χ2v) is 7.22. The van der Waals surface area contributed by atoms with Crippen molar-refractivity contribution in [1.29, 1.82) is 0 Å². The van der Waals surface area contributed by atoms with Gasteiger partial charge in [0.15, 0.2) is 10.8 Å². The number of anilines is 1. The Morgan fingerprint density at radius 1 is 1.25 bits per heavy atom. The quantitative estimate of drug-likeness (QED) is 0.837. The third kappa shape index (κ3) is 3.01. The summed E-state index contributed by atoms with van der Waals surface area (Å²) in [4.78, 5) is 5.85. The Morgan fingerprint density at radius 3 is 2.42 bits per heavy atom. The lowest BCUT2D eigenvalue weighted by atomic mass is 10.2. The minimum atomic E-state index is -4.88. The fourth-order valence-corrected chi connectivity index (χ4v) is 3.34. The molecule has 1 atom stereocenters. The van der Waals surface area contributed by atoms with E-state index in [-0.39, 0.29) is 10.8 Å². The van der Waals surface area contributed by atoms with Crippen LogP contribution in [0.5, 0.6) is 0 Å². The van der Waals surface area contributed by atoms with E-state index in [2.05, 4.69) is 15.2 Å². The lowest BCUT2D eigenvalue weighted by Crippen LogP contribution is -2.47. The first-order valence-electron chi connectivity index (χ1n) is 6.84. The van der Waals surface area contributed by atoms with Gasteiger partial charge in [0.2, 0.25) is 0 Å². The van der Waals surface area contributed by atoms with Gasteiger partial charge in [0, 0.05) is 10.6 Å². The molecule has 1 N–H and O–H groups in total. The number of β-amino-alcohol motifs (C(OH)–C–C–N with tert-alkyl or cyclic N) is 1. The van der Waals surface area contributed by atoms with Crippen LogP contribution in [-0.2, 0) is 0 Å². The summed E-state index contributed by atoms with van der Waals surface area (Å²) < 4.78 is 39.7. The van der Waals surface area contributed by atoms with E-state index in [1.165, 1.54) is 16.7 Å². The van der Waals surface area contributed by atoms with Gasteiger partial charge in [0.25, 0.3) is 5.72 Å². The van der Waals surface area contributed by atoms with Crippen LogP contribution >= 0.6 is 23.1 Å². The van der Waals surface area contributed by atoms with Crippen LogP contribution < -0.4 is 4.90 Å². The number of aliphatic hydroxyl groups is 1. The number of thioether (sulfide) groups is 1. The number of halogens is 3. The van der Waals surface area contributed by atoms with E-state index >= 15 is 0 Å². The van der Waals surface area contributed by atoms with Crippen LogP contribution in [0.4, 0.5) is 18.9 Å². The average molecular weight is 374 g/mol. The molecule has 0 spiro atoms. The van der Waals surface area contributed by atoms with Gasteiger partial charge in [-0.05, 0) is 37.4 Å². The van der Waals surface area contributed by atoms with Gasteiger partial charge in [-0.15, -0.1) is 22.0 Å². The van der Waals surface area contributed by atoms with Crippen molar-refractivity contribution in [2.75, 3.05) is 17.7 Å². The van der Waals surface area contributed by atoms with E-state index in [1.807, 2.05) is 6.26 Å². The molecular formula is C14H13F3N4OS2. The first-order chi connectivity index (χ1) is 11.2. The Kier molecular flexibility index (Phi) is 4.30. The second-order valence-electron chi connectivity index (χ2n) is 5.16. The second kappa shape index (κ2) is 6.01. The number of hydrogen-bond acceptors (Lipinski definition) is 7. The fourth-order valence-electron chi connectivity index (χ4n) is 2.25. The normalized spacial score (nSPS) is 21.2. The van der Waals surface area contributed by atoms with Gasteiger partial charge >= 0.3 is 6.18 Å². The third-order valence-corrected chi connectivity index (χ3v) is 5.06. The summed E-state index contributed by atoms with van der Waals surface area (Å²) in [7, 11) is 0. The molecule has 1 unspecified atom stereocenters. The first kappa shape index (κ1) is 17.2. The van der Waals surface area contributed by atoms with Crippen LogP contribution in [0.25, 0.3) is 0 Å². The largest absolute Gasteiger partial charge is 0.440 e. The van der Waals surface area contributed by atoms with Gasteiger partial charge in [0.05, 0.1) is 6.54 Å². The van der Waals surface area contributed by atoms with Crippen LogP contribution in [0.3, 0.4) is 0 Å². The molecule has 1 aliphatic heterocycles. The van der Waals surface area contributed by atoms with E-state index in [0.29, 0.717) is 10.7 Å². The maximum Gasteiger partial charge on any atom is 0.440 e. The standard InChI is InChI=1S/C14H13F3N4OS2/c1-8-19-20-12(24-8)11-18-13(22,14(15,16)17)7-21(11)9-3-5-10(23-2)6-4-9/h3-6,22H,7H2,1-2H3. The number of aryl methyl sites for hydroxylation is 1. The van der Waals surface area contributed by atoms with Crippen LogP contribution in [0.15, 0.2) is 34.2 Å². The van der Waals surface area contributed by atoms with Crippen LogP contribution in [0.2, 0.25) is 0 Å². The minimum absolute atomic E-state index is 0.0303. The number of alkyl halides is 3. The molecule has 0 aliphatic carbocycles. The van der Waals surface area contributed by atoms with Crippen molar-refractivity contribution in [3.63, 3.8) is 0 Å². The lowest BCUT2D eigenvalue weighted by Gasteiger charge is -2.25. The van der Waals surface area contributed by atoms with E-state index < -0.39 is 18.4 Å². The molecule has 0 saturated carbocycles. The van der Waals surface area contributed by atoms with Crippen molar-refractivity contribution >= 4 is 34.6 Å². The highest BCUT2D eigenvalue weighted by Crippen LogP contribution is 2.39. The van der Waals surface area contributed by atoms with Gasteiger partial charge < -0.3 is 10.0 Å². The molecule has 2 heterocycles. The van der Waals surface area contributed by atoms with Crippen molar-refractivity contribution in [2.24, 2.45) is 4.99 Å². The molecule has 2 aromatic rings. The van der Waals surface area contributed by atoms with Crippen molar-refractivity contribution in [3.05, 3.63) is 34.3 Å². The van der Waals surface area contributed by atoms with Crippen molar-refractivity contribution in [1.82, 2.24) is 10.2 Å². The average Bonchev–Trinajstić information content (AvgIpc) is 3.11. The number of nitrogens with zero attached hydrogens (tertiary/aromatic N) is 4. The highest BCUT2D eigenvalue weighted by molar-refractivity contribution is 7.98. The summed E-state index contributed by atoms with van der Waals surface area (Å²) >= 11 is 2.65. The van der Waals surface area contributed by atoms with Crippen molar-refractivity contribution < 1.29 is 18.3 Å². The Bertz CT molecular complexity index is 775. The molecule has 0 radical (unpaired) electrons. The number of hydrogen-bond donors (Lipinski definition) is 1. The van der Waals surface area contributed by atoms with Crippen molar-refractivity contribution in [2.45, 2.75) is 23.7 Å². The smallest absolute Gasteiger partial charge is 0.361 e. The Balaban J connectivity index is 2.05. The molecule has 1 aromatic heterocycles. The summed E-state index contributed by atoms with van der Waals surface area (Å²) in [6, 6.07) is 6.98. The summed E-state index contributed by atoms with van der Waals surface area (Å²) in [6.45, 7) is 0.979. The lowest BCUT2D eigenvalue weighted by molar-refractivity contribution is -0.249. The summed E-state index contributed by atoms with van der Waals surface area (Å²) in [6.07, 6.45) is -2.98. The molecule has 0 amide bonds. The topological polar surface area (TPSA) is 61.6 Å². The highest BCUT2D eigenvalue weighted by Gasteiger charge is 2.59. The van der Waals surface area contributed by atoms with Crippen LogP contribution in [-0.4, -0.2) is 45.8 Å².